The number of aromatic carboxylic acids is 1. The third-order valence-electron chi connectivity index (χ3n) is 3.72. The fourth-order valence-electron chi connectivity index (χ4n) is 2.54. The van der Waals surface area contributed by atoms with E-state index in [4.69, 9.17) is 4.74 Å². The number of hydrogen-bond donors (Lipinski definition) is 2. The molecule has 0 aromatic heterocycles. The van der Waals surface area contributed by atoms with Crippen molar-refractivity contribution in [1.82, 2.24) is 0 Å². The zero-order valence-electron chi connectivity index (χ0n) is 12.9. The summed E-state index contributed by atoms with van der Waals surface area (Å²) in [6.45, 7) is 0. The van der Waals surface area contributed by atoms with Gasteiger partial charge in [0.25, 0.3) is 5.91 Å². The van der Waals surface area contributed by atoms with Crippen LogP contribution in [0, 0.1) is 0 Å². The number of anilines is 1. The Hall–Kier alpha value is -3.34. The summed E-state index contributed by atoms with van der Waals surface area (Å²) in [5.74, 6) is -1.14. The smallest absolute Gasteiger partial charge is 0.336 e. The van der Waals surface area contributed by atoms with Crippen molar-refractivity contribution in [2.24, 2.45) is 0 Å². The molecule has 0 aliphatic carbocycles. The fourth-order valence-corrected chi connectivity index (χ4v) is 2.54. The van der Waals surface area contributed by atoms with E-state index in [0.29, 0.717) is 11.4 Å². The van der Waals surface area contributed by atoms with Crippen LogP contribution in [0.15, 0.2) is 60.7 Å². The van der Waals surface area contributed by atoms with E-state index in [2.05, 4.69) is 5.32 Å². The molecule has 3 aromatic rings. The van der Waals surface area contributed by atoms with E-state index in [1.54, 1.807) is 30.3 Å². The number of ether oxygens (including phenoxy) is 1. The number of para-hydroxylation sites is 2. The van der Waals surface area contributed by atoms with E-state index in [-0.39, 0.29) is 11.1 Å². The van der Waals surface area contributed by atoms with Crippen LogP contribution in [-0.2, 0) is 0 Å². The molecular formula is C19H15NO4. The van der Waals surface area contributed by atoms with Crippen LogP contribution < -0.4 is 10.1 Å². The molecule has 0 bridgehead atoms. The van der Waals surface area contributed by atoms with E-state index in [1.807, 2.05) is 24.3 Å². The van der Waals surface area contributed by atoms with Crippen molar-refractivity contribution in [3.8, 4) is 5.75 Å². The first-order valence-electron chi connectivity index (χ1n) is 7.30. The third kappa shape index (κ3) is 2.92. The standard InChI is InChI=1S/C19H15NO4/c1-24-17-9-5-4-8-16(17)20-18(21)14-10-12-6-2-3-7-13(12)11-15(14)19(22)23/h2-11H,1H3,(H,20,21)(H,22,23). The summed E-state index contributed by atoms with van der Waals surface area (Å²) < 4.78 is 5.20. The van der Waals surface area contributed by atoms with Gasteiger partial charge in [-0.25, -0.2) is 4.79 Å². The second kappa shape index (κ2) is 6.42. The van der Waals surface area contributed by atoms with Crippen LogP contribution in [0.25, 0.3) is 10.8 Å². The largest absolute Gasteiger partial charge is 0.495 e. The van der Waals surface area contributed by atoms with Crippen LogP contribution >= 0.6 is 0 Å². The molecular weight excluding hydrogens is 306 g/mol. The average Bonchev–Trinajstić information content (AvgIpc) is 2.61. The van der Waals surface area contributed by atoms with Crippen molar-refractivity contribution >= 4 is 28.3 Å². The lowest BCUT2D eigenvalue weighted by atomic mass is 10.00. The Morgan fingerprint density at radius 3 is 2.12 bits per heavy atom. The van der Waals surface area contributed by atoms with E-state index >= 15 is 0 Å². The Labute approximate surface area is 138 Å². The zero-order chi connectivity index (χ0) is 17.1. The minimum Gasteiger partial charge on any atom is -0.495 e. The van der Waals surface area contributed by atoms with Gasteiger partial charge in [-0.05, 0) is 35.0 Å². The second-order valence-electron chi connectivity index (χ2n) is 5.20. The molecule has 0 aliphatic heterocycles. The number of fused-ring (bicyclic) bond motifs is 1. The van der Waals surface area contributed by atoms with Crippen molar-refractivity contribution in [3.63, 3.8) is 0 Å². The molecule has 0 saturated heterocycles. The monoisotopic (exact) mass is 321 g/mol. The molecule has 24 heavy (non-hydrogen) atoms. The highest BCUT2D eigenvalue weighted by Gasteiger charge is 2.18. The number of nitrogens with one attached hydrogen (secondary N) is 1. The minimum absolute atomic E-state index is 0.0407. The molecule has 3 aromatic carbocycles. The quantitative estimate of drug-likeness (QED) is 0.766. The van der Waals surface area contributed by atoms with Crippen molar-refractivity contribution in [2.75, 3.05) is 12.4 Å². The normalized spacial score (nSPS) is 10.4. The first-order valence-corrected chi connectivity index (χ1v) is 7.30. The molecule has 0 unspecified atom stereocenters. The summed E-state index contributed by atoms with van der Waals surface area (Å²) in [5, 5.41) is 13.7. The van der Waals surface area contributed by atoms with E-state index in [0.717, 1.165) is 10.8 Å². The molecule has 5 nitrogen and oxygen atoms in total. The SMILES string of the molecule is COc1ccccc1NC(=O)c1cc2ccccc2cc1C(=O)O. The lowest BCUT2D eigenvalue weighted by Crippen LogP contribution is -2.17. The van der Waals surface area contributed by atoms with Gasteiger partial charge < -0.3 is 15.2 Å². The van der Waals surface area contributed by atoms with Gasteiger partial charge in [0.2, 0.25) is 0 Å². The zero-order valence-corrected chi connectivity index (χ0v) is 12.9. The molecule has 0 fully saturated rings. The first kappa shape index (κ1) is 15.6. The molecule has 0 atom stereocenters. The van der Waals surface area contributed by atoms with E-state index in [1.165, 1.54) is 13.2 Å². The van der Waals surface area contributed by atoms with Gasteiger partial charge in [0, 0.05) is 0 Å². The minimum atomic E-state index is -1.15. The summed E-state index contributed by atoms with van der Waals surface area (Å²) in [4.78, 5) is 24.2. The lowest BCUT2D eigenvalue weighted by Gasteiger charge is -2.12. The van der Waals surface area contributed by atoms with Crippen LogP contribution in [0.1, 0.15) is 20.7 Å². The summed E-state index contributed by atoms with van der Waals surface area (Å²) in [6.07, 6.45) is 0. The number of carbonyl (C=O) groups excluding carboxylic acids is 1. The summed E-state index contributed by atoms with van der Waals surface area (Å²) in [7, 11) is 1.50. The maximum atomic E-state index is 12.6. The fraction of sp³-hybridized carbons (Fsp3) is 0.0526. The predicted molar refractivity (Wildman–Crippen MR) is 91.9 cm³/mol. The Balaban J connectivity index is 2.05. The topological polar surface area (TPSA) is 75.6 Å². The number of carboxylic acids is 1. The Morgan fingerprint density at radius 2 is 1.50 bits per heavy atom. The van der Waals surface area contributed by atoms with E-state index in [9.17, 15) is 14.7 Å². The number of rotatable bonds is 4. The molecule has 120 valence electrons. The maximum Gasteiger partial charge on any atom is 0.336 e. The van der Waals surface area contributed by atoms with Gasteiger partial charge in [-0.2, -0.15) is 0 Å². The van der Waals surface area contributed by atoms with Crippen molar-refractivity contribution in [2.45, 2.75) is 0 Å². The number of carboxylic acid groups (broad SMARTS) is 1. The van der Waals surface area contributed by atoms with E-state index < -0.39 is 11.9 Å². The van der Waals surface area contributed by atoms with Gasteiger partial charge in [-0.3, -0.25) is 4.79 Å². The molecule has 0 saturated carbocycles. The van der Waals surface area contributed by atoms with Crippen LogP contribution in [0.2, 0.25) is 0 Å². The highest BCUT2D eigenvalue weighted by atomic mass is 16.5. The van der Waals surface area contributed by atoms with Gasteiger partial charge in [-0.1, -0.05) is 36.4 Å². The van der Waals surface area contributed by atoms with Gasteiger partial charge in [-0.15, -0.1) is 0 Å². The number of hydrogen-bond acceptors (Lipinski definition) is 3. The van der Waals surface area contributed by atoms with Gasteiger partial charge in [0.15, 0.2) is 0 Å². The van der Waals surface area contributed by atoms with Crippen LogP contribution in [0.4, 0.5) is 5.69 Å². The highest BCUT2D eigenvalue weighted by Crippen LogP contribution is 2.26. The van der Waals surface area contributed by atoms with Crippen LogP contribution in [-0.4, -0.2) is 24.1 Å². The Bertz CT molecular complexity index is 934. The lowest BCUT2D eigenvalue weighted by molar-refractivity contribution is 0.0692. The van der Waals surface area contributed by atoms with Crippen LogP contribution in [0.3, 0.4) is 0 Å². The van der Waals surface area contributed by atoms with Crippen molar-refractivity contribution in [3.05, 3.63) is 71.8 Å². The molecule has 3 rings (SSSR count). The number of methoxy groups -OCH3 is 1. The Morgan fingerprint density at radius 1 is 0.917 bits per heavy atom. The molecule has 0 radical (unpaired) electrons. The summed E-state index contributed by atoms with van der Waals surface area (Å²) in [5.41, 5.74) is 0.544. The van der Waals surface area contributed by atoms with Crippen molar-refractivity contribution in [1.29, 1.82) is 0 Å². The molecule has 0 spiro atoms. The first-order chi connectivity index (χ1) is 11.6. The predicted octanol–water partition coefficient (Wildman–Crippen LogP) is 3.80. The van der Waals surface area contributed by atoms with Crippen molar-refractivity contribution < 1.29 is 19.4 Å². The highest BCUT2D eigenvalue weighted by molar-refractivity contribution is 6.13. The maximum absolute atomic E-state index is 12.6. The molecule has 0 aliphatic rings. The number of amides is 1. The number of carbonyl (C=O) groups is 2. The second-order valence-corrected chi connectivity index (χ2v) is 5.20. The molecule has 5 heteroatoms. The molecule has 2 N–H and O–H groups in total. The number of benzene rings is 3. The van der Waals surface area contributed by atoms with Gasteiger partial charge >= 0.3 is 5.97 Å². The molecule has 0 heterocycles. The van der Waals surface area contributed by atoms with Crippen LogP contribution in [0.5, 0.6) is 5.75 Å². The third-order valence-corrected chi connectivity index (χ3v) is 3.72. The van der Waals surface area contributed by atoms with Gasteiger partial charge in [0.05, 0.1) is 23.9 Å². The average molecular weight is 321 g/mol. The molecule has 1 amide bonds. The summed E-state index contributed by atoms with van der Waals surface area (Å²) >= 11 is 0. The van der Waals surface area contributed by atoms with Gasteiger partial charge in [0.1, 0.15) is 5.75 Å². The summed E-state index contributed by atoms with van der Waals surface area (Å²) in [6, 6.07) is 17.4. The Kier molecular flexibility index (Phi) is 4.16.